The molecule has 0 atom stereocenters. The van der Waals surface area contributed by atoms with E-state index in [2.05, 4.69) is 20.0 Å². The van der Waals surface area contributed by atoms with Gasteiger partial charge in [0.1, 0.15) is 5.82 Å². The number of sulfonamides is 1. The molecule has 0 aliphatic rings. The Labute approximate surface area is 113 Å². The maximum absolute atomic E-state index is 11.9. The van der Waals surface area contributed by atoms with Crippen LogP contribution in [0.15, 0.2) is 11.2 Å². The fourth-order valence-electron chi connectivity index (χ4n) is 1.43. The van der Waals surface area contributed by atoms with Crippen LogP contribution in [0.2, 0.25) is 0 Å². The maximum atomic E-state index is 11.9. The van der Waals surface area contributed by atoms with Crippen molar-refractivity contribution >= 4 is 15.9 Å². The Balaban J connectivity index is 2.49. The van der Waals surface area contributed by atoms with Crippen LogP contribution in [0.1, 0.15) is 33.0 Å². The predicted octanol–water partition coefficient (Wildman–Crippen LogP) is 0.165. The van der Waals surface area contributed by atoms with E-state index in [1.165, 1.54) is 6.20 Å². The molecule has 0 aromatic carbocycles. The lowest BCUT2D eigenvalue weighted by molar-refractivity contribution is -0.121. The monoisotopic (exact) mass is 288 g/mol. The Hall–Kier alpha value is -1.41. The summed E-state index contributed by atoms with van der Waals surface area (Å²) in [7, 11) is -3.62. The molecule has 0 saturated heterocycles. The number of carbonyl (C=O) groups is 1. The van der Waals surface area contributed by atoms with Gasteiger partial charge in [-0.05, 0) is 13.8 Å². The summed E-state index contributed by atoms with van der Waals surface area (Å²) >= 11 is 0. The lowest BCUT2D eigenvalue weighted by Crippen LogP contribution is -2.34. The molecule has 0 spiro atoms. The lowest BCUT2D eigenvalue weighted by Gasteiger charge is -2.08. The quantitative estimate of drug-likeness (QED) is 0.665. The molecule has 7 nitrogen and oxygen atoms in total. The van der Waals surface area contributed by atoms with Gasteiger partial charge in [-0.15, -0.1) is 0 Å². The van der Waals surface area contributed by atoms with Crippen LogP contribution in [0.3, 0.4) is 0 Å². The second-order valence-corrected chi connectivity index (χ2v) is 6.15. The fraction of sp³-hybridized carbons (Fsp3) is 0.636. The molecule has 0 unspecified atom stereocenters. The third kappa shape index (κ3) is 4.99. The number of hydrogen-bond acceptors (Lipinski definition) is 4. The number of aromatic nitrogens is 2. The highest BCUT2D eigenvalue weighted by atomic mass is 32.2. The highest BCUT2D eigenvalue weighted by Gasteiger charge is 2.16. The number of rotatable bonds is 7. The van der Waals surface area contributed by atoms with Crippen molar-refractivity contribution in [1.82, 2.24) is 20.0 Å². The van der Waals surface area contributed by atoms with E-state index in [-0.39, 0.29) is 29.9 Å². The fourth-order valence-corrected chi connectivity index (χ4v) is 2.40. The molecule has 1 rings (SSSR count). The van der Waals surface area contributed by atoms with Crippen molar-refractivity contribution in [1.29, 1.82) is 0 Å². The topological polar surface area (TPSA) is 104 Å². The average molecular weight is 288 g/mol. The Kier molecular flexibility index (Phi) is 5.49. The maximum Gasteiger partial charge on any atom is 0.257 e. The van der Waals surface area contributed by atoms with Gasteiger partial charge in [-0.25, -0.2) is 18.1 Å². The molecule has 1 heterocycles. The Morgan fingerprint density at radius 1 is 1.47 bits per heavy atom. The van der Waals surface area contributed by atoms with Gasteiger partial charge in [-0.3, -0.25) is 4.79 Å². The first-order valence-electron chi connectivity index (χ1n) is 6.18. The van der Waals surface area contributed by atoms with Gasteiger partial charge >= 0.3 is 0 Å². The predicted molar refractivity (Wildman–Crippen MR) is 71.0 cm³/mol. The lowest BCUT2D eigenvalue weighted by atomic mass is 10.3. The van der Waals surface area contributed by atoms with Crippen molar-refractivity contribution < 1.29 is 13.2 Å². The van der Waals surface area contributed by atoms with Gasteiger partial charge in [0.15, 0.2) is 5.03 Å². The van der Waals surface area contributed by atoms with E-state index in [0.29, 0.717) is 12.2 Å². The Morgan fingerprint density at radius 3 is 2.68 bits per heavy atom. The third-order valence-corrected chi connectivity index (χ3v) is 3.69. The molecule has 8 heteroatoms. The van der Waals surface area contributed by atoms with Crippen molar-refractivity contribution in [3.63, 3.8) is 0 Å². The number of carbonyl (C=O) groups excluding carboxylic acids is 1. The summed E-state index contributed by atoms with van der Waals surface area (Å²) in [5.74, 6) is 0.425. The normalized spacial score (nSPS) is 11.8. The van der Waals surface area contributed by atoms with Crippen LogP contribution in [0.4, 0.5) is 0 Å². The molecule has 0 fully saturated rings. The molecule has 108 valence electrons. The van der Waals surface area contributed by atoms with Gasteiger partial charge in [-0.2, -0.15) is 0 Å². The van der Waals surface area contributed by atoms with Crippen molar-refractivity contribution in [3.05, 3.63) is 12.0 Å². The number of H-pyrrole nitrogens is 1. The van der Waals surface area contributed by atoms with E-state index in [4.69, 9.17) is 0 Å². The molecule has 0 aliphatic heterocycles. The molecule has 0 aliphatic carbocycles. The molecular formula is C11H20N4O3S. The van der Waals surface area contributed by atoms with Crippen LogP contribution in [0.25, 0.3) is 0 Å². The smallest absolute Gasteiger partial charge is 0.257 e. The number of hydrogen-bond donors (Lipinski definition) is 3. The summed E-state index contributed by atoms with van der Waals surface area (Å²) in [5.41, 5.74) is 0. The summed E-state index contributed by atoms with van der Waals surface area (Å²) in [6.07, 6.45) is 2.01. The summed E-state index contributed by atoms with van der Waals surface area (Å²) in [4.78, 5) is 18.0. The van der Waals surface area contributed by atoms with E-state index in [9.17, 15) is 13.2 Å². The van der Waals surface area contributed by atoms with E-state index in [1.54, 1.807) is 0 Å². The summed E-state index contributed by atoms with van der Waals surface area (Å²) in [5, 5.41) is 2.71. The second kappa shape index (κ2) is 6.67. The zero-order valence-corrected chi connectivity index (χ0v) is 12.2. The van der Waals surface area contributed by atoms with E-state index >= 15 is 0 Å². The molecular weight excluding hydrogens is 268 g/mol. The zero-order valence-electron chi connectivity index (χ0n) is 11.4. The van der Waals surface area contributed by atoms with Gasteiger partial charge in [0.25, 0.3) is 10.0 Å². The van der Waals surface area contributed by atoms with E-state index < -0.39 is 10.0 Å². The minimum Gasteiger partial charge on any atom is -0.354 e. The first kappa shape index (κ1) is 15.6. The minimum absolute atomic E-state index is 0.0219. The number of aryl methyl sites for hydroxylation is 1. The SMILES string of the molecule is CCc1ncc(S(=O)(=O)NCCC(=O)NC(C)C)[nH]1. The van der Waals surface area contributed by atoms with Crippen LogP contribution in [-0.4, -0.2) is 36.9 Å². The van der Waals surface area contributed by atoms with Crippen molar-refractivity contribution in [2.24, 2.45) is 0 Å². The van der Waals surface area contributed by atoms with Gasteiger partial charge < -0.3 is 10.3 Å². The second-order valence-electron chi connectivity index (χ2n) is 4.42. The van der Waals surface area contributed by atoms with Crippen LogP contribution in [-0.2, 0) is 21.2 Å². The van der Waals surface area contributed by atoms with E-state index in [0.717, 1.165) is 0 Å². The van der Waals surface area contributed by atoms with Crippen molar-refractivity contribution in [2.45, 2.75) is 44.7 Å². The third-order valence-electron chi connectivity index (χ3n) is 2.32. The standard InChI is InChI=1S/C11H20N4O3S/c1-4-9-12-7-11(15-9)19(17,18)13-6-5-10(16)14-8(2)3/h7-8,13H,4-6H2,1-3H3,(H,12,15)(H,14,16). The number of nitrogens with zero attached hydrogens (tertiary/aromatic N) is 1. The summed E-state index contributed by atoms with van der Waals surface area (Å²) in [6, 6.07) is 0.0452. The summed E-state index contributed by atoms with van der Waals surface area (Å²) in [6.45, 7) is 5.62. The van der Waals surface area contributed by atoms with Gasteiger partial charge in [0.2, 0.25) is 5.91 Å². The largest absolute Gasteiger partial charge is 0.354 e. The zero-order chi connectivity index (χ0) is 14.5. The van der Waals surface area contributed by atoms with Gasteiger partial charge in [0.05, 0.1) is 6.20 Å². The van der Waals surface area contributed by atoms with Crippen LogP contribution < -0.4 is 10.0 Å². The summed E-state index contributed by atoms with van der Waals surface area (Å²) < 4.78 is 26.1. The van der Waals surface area contributed by atoms with Crippen LogP contribution in [0, 0.1) is 0 Å². The van der Waals surface area contributed by atoms with Crippen molar-refractivity contribution in [2.75, 3.05) is 6.54 Å². The molecule has 19 heavy (non-hydrogen) atoms. The molecule has 1 amide bonds. The van der Waals surface area contributed by atoms with Crippen molar-refractivity contribution in [3.8, 4) is 0 Å². The number of nitrogens with one attached hydrogen (secondary N) is 3. The van der Waals surface area contributed by atoms with E-state index in [1.807, 2.05) is 20.8 Å². The molecule has 1 aromatic heterocycles. The molecule has 1 aromatic rings. The first-order valence-corrected chi connectivity index (χ1v) is 7.66. The Morgan fingerprint density at radius 2 is 2.16 bits per heavy atom. The van der Waals surface area contributed by atoms with Crippen LogP contribution in [0.5, 0.6) is 0 Å². The highest BCUT2D eigenvalue weighted by molar-refractivity contribution is 7.89. The average Bonchev–Trinajstić information content (AvgIpc) is 2.76. The van der Waals surface area contributed by atoms with Gasteiger partial charge in [0, 0.05) is 25.4 Å². The molecule has 3 N–H and O–H groups in total. The molecule has 0 bridgehead atoms. The number of aromatic amines is 1. The molecule has 0 radical (unpaired) electrons. The number of amides is 1. The molecule has 0 saturated carbocycles. The highest BCUT2D eigenvalue weighted by Crippen LogP contribution is 2.05. The first-order chi connectivity index (χ1) is 8.85. The van der Waals surface area contributed by atoms with Crippen LogP contribution >= 0.6 is 0 Å². The number of imidazole rings is 1. The minimum atomic E-state index is -3.62. The Bertz CT molecular complexity index is 522. The van der Waals surface area contributed by atoms with Gasteiger partial charge in [-0.1, -0.05) is 6.92 Å².